The van der Waals surface area contributed by atoms with Gasteiger partial charge in [-0.1, -0.05) is 13.8 Å². The Kier molecular flexibility index (Phi) is 6.98. The maximum absolute atomic E-state index is 8.45. The van der Waals surface area contributed by atoms with Gasteiger partial charge in [0.25, 0.3) is 0 Å². The van der Waals surface area contributed by atoms with Gasteiger partial charge in [-0.25, -0.2) is 0 Å². The molecule has 0 saturated heterocycles. The number of rotatable bonds is 6. The molecule has 61 valence electrons. The Hall–Kier alpha value is -0.0800. The normalized spacial score (nSPS) is 10.8. The SMILES string of the molecule is CCC(CC)N[CH]CCO. The molecule has 2 nitrogen and oxygen atoms in total. The molecule has 1 radical (unpaired) electrons. The molecule has 0 saturated carbocycles. The van der Waals surface area contributed by atoms with Crippen LogP contribution in [0.5, 0.6) is 0 Å². The first-order valence-corrected chi connectivity index (χ1v) is 4.03. The van der Waals surface area contributed by atoms with Gasteiger partial charge in [0.05, 0.1) is 0 Å². The number of hydrogen-bond donors (Lipinski definition) is 2. The van der Waals surface area contributed by atoms with E-state index < -0.39 is 0 Å². The van der Waals surface area contributed by atoms with E-state index in [1.807, 2.05) is 6.54 Å². The molecule has 0 spiro atoms. The van der Waals surface area contributed by atoms with Gasteiger partial charge in [0.2, 0.25) is 0 Å². The summed E-state index contributed by atoms with van der Waals surface area (Å²) in [4.78, 5) is 0. The van der Waals surface area contributed by atoms with E-state index in [1.165, 1.54) is 0 Å². The van der Waals surface area contributed by atoms with Crippen molar-refractivity contribution in [2.24, 2.45) is 0 Å². The number of nitrogens with one attached hydrogen (secondary N) is 1. The quantitative estimate of drug-likeness (QED) is 0.551. The molecule has 0 bridgehead atoms. The van der Waals surface area contributed by atoms with E-state index in [0.717, 1.165) is 19.3 Å². The lowest BCUT2D eigenvalue weighted by atomic mass is 10.2. The smallest absolute Gasteiger partial charge is 0.0446 e. The van der Waals surface area contributed by atoms with Gasteiger partial charge in [0.1, 0.15) is 0 Å². The minimum Gasteiger partial charge on any atom is -0.396 e. The lowest BCUT2D eigenvalue weighted by Crippen LogP contribution is -2.25. The lowest BCUT2D eigenvalue weighted by Gasteiger charge is -2.12. The van der Waals surface area contributed by atoms with Crippen LogP contribution in [-0.2, 0) is 0 Å². The predicted molar refractivity (Wildman–Crippen MR) is 43.5 cm³/mol. The molecule has 0 unspecified atom stereocenters. The zero-order valence-corrected chi connectivity index (χ0v) is 6.93. The van der Waals surface area contributed by atoms with E-state index in [2.05, 4.69) is 19.2 Å². The Morgan fingerprint density at radius 1 is 1.40 bits per heavy atom. The summed E-state index contributed by atoms with van der Waals surface area (Å²) >= 11 is 0. The van der Waals surface area contributed by atoms with E-state index in [1.54, 1.807) is 0 Å². The van der Waals surface area contributed by atoms with Gasteiger partial charge in [-0.15, -0.1) is 0 Å². The summed E-state index contributed by atoms with van der Waals surface area (Å²) in [5.41, 5.74) is 0. The van der Waals surface area contributed by atoms with Gasteiger partial charge in [0, 0.05) is 19.2 Å². The zero-order chi connectivity index (χ0) is 7.82. The molecule has 0 aliphatic heterocycles. The summed E-state index contributed by atoms with van der Waals surface area (Å²) in [5, 5.41) is 11.7. The third-order valence-electron chi connectivity index (χ3n) is 1.61. The Bertz CT molecular complexity index is 62.3. The monoisotopic (exact) mass is 144 g/mol. The van der Waals surface area contributed by atoms with Gasteiger partial charge < -0.3 is 10.4 Å². The number of hydrogen-bond acceptors (Lipinski definition) is 2. The molecular formula is C8H18NO. The highest BCUT2D eigenvalue weighted by Gasteiger charge is 1.99. The summed E-state index contributed by atoms with van der Waals surface area (Å²) < 4.78 is 0. The van der Waals surface area contributed by atoms with Crippen LogP contribution in [-0.4, -0.2) is 17.8 Å². The molecule has 0 aromatic rings. The zero-order valence-electron chi connectivity index (χ0n) is 6.93. The van der Waals surface area contributed by atoms with Crippen LogP contribution in [0.15, 0.2) is 0 Å². The number of aliphatic hydroxyl groups excluding tert-OH is 1. The summed E-state index contributed by atoms with van der Waals surface area (Å²) in [6.07, 6.45) is 3.05. The maximum atomic E-state index is 8.45. The maximum Gasteiger partial charge on any atom is 0.0446 e. The fourth-order valence-corrected chi connectivity index (χ4v) is 0.839. The second-order valence-electron chi connectivity index (χ2n) is 2.40. The Morgan fingerprint density at radius 2 is 2.00 bits per heavy atom. The fraction of sp³-hybridized carbons (Fsp3) is 0.875. The molecule has 0 aromatic carbocycles. The topological polar surface area (TPSA) is 32.3 Å². The van der Waals surface area contributed by atoms with Gasteiger partial charge in [-0.3, -0.25) is 0 Å². The first-order valence-electron chi connectivity index (χ1n) is 4.03. The van der Waals surface area contributed by atoms with E-state index >= 15 is 0 Å². The van der Waals surface area contributed by atoms with Crippen LogP contribution in [0.25, 0.3) is 0 Å². The molecule has 10 heavy (non-hydrogen) atoms. The summed E-state index contributed by atoms with van der Waals surface area (Å²) in [6, 6.07) is 0.589. The highest BCUT2D eigenvalue weighted by Crippen LogP contribution is 1.96. The molecule has 0 atom stereocenters. The summed E-state index contributed by atoms with van der Waals surface area (Å²) in [7, 11) is 0. The van der Waals surface area contributed by atoms with Crippen LogP contribution in [0.2, 0.25) is 0 Å². The van der Waals surface area contributed by atoms with Gasteiger partial charge in [-0.2, -0.15) is 0 Å². The second kappa shape index (κ2) is 7.03. The summed E-state index contributed by atoms with van der Waals surface area (Å²) in [6.45, 7) is 6.51. The van der Waals surface area contributed by atoms with Crippen molar-refractivity contribution < 1.29 is 5.11 Å². The molecule has 0 heterocycles. The van der Waals surface area contributed by atoms with Crippen LogP contribution in [0, 0.1) is 6.54 Å². The Balaban J connectivity index is 3.09. The molecule has 2 heteroatoms. The van der Waals surface area contributed by atoms with Crippen molar-refractivity contribution in [3.05, 3.63) is 6.54 Å². The lowest BCUT2D eigenvalue weighted by molar-refractivity contribution is 0.293. The highest BCUT2D eigenvalue weighted by molar-refractivity contribution is 4.69. The van der Waals surface area contributed by atoms with Crippen LogP contribution in [0.1, 0.15) is 33.1 Å². The van der Waals surface area contributed by atoms with Crippen molar-refractivity contribution in [1.82, 2.24) is 5.32 Å². The van der Waals surface area contributed by atoms with Crippen LogP contribution in [0.3, 0.4) is 0 Å². The average Bonchev–Trinajstić information content (AvgIpc) is 1.99. The minimum atomic E-state index is 0.243. The van der Waals surface area contributed by atoms with Crippen molar-refractivity contribution in [2.75, 3.05) is 6.61 Å². The third kappa shape index (κ3) is 4.77. The van der Waals surface area contributed by atoms with Crippen molar-refractivity contribution in [1.29, 1.82) is 0 Å². The third-order valence-corrected chi connectivity index (χ3v) is 1.61. The van der Waals surface area contributed by atoms with Crippen molar-refractivity contribution in [3.8, 4) is 0 Å². The average molecular weight is 144 g/mol. The molecule has 2 N–H and O–H groups in total. The molecule has 0 aromatic heterocycles. The van der Waals surface area contributed by atoms with Crippen LogP contribution < -0.4 is 5.32 Å². The standard InChI is InChI=1S/C8H18NO/c1-3-8(4-2)9-6-5-7-10/h6,8-10H,3-5,7H2,1-2H3. The van der Waals surface area contributed by atoms with Gasteiger partial charge in [-0.05, 0) is 19.3 Å². The minimum absolute atomic E-state index is 0.243. The number of aliphatic hydroxyl groups is 1. The molecule has 0 amide bonds. The first kappa shape index (κ1) is 9.92. The van der Waals surface area contributed by atoms with Crippen LogP contribution >= 0.6 is 0 Å². The molecular weight excluding hydrogens is 126 g/mol. The Labute approximate surface area is 63.6 Å². The van der Waals surface area contributed by atoms with E-state index in [9.17, 15) is 0 Å². The molecule has 0 aliphatic carbocycles. The van der Waals surface area contributed by atoms with Crippen molar-refractivity contribution >= 4 is 0 Å². The first-order chi connectivity index (χ1) is 4.85. The van der Waals surface area contributed by atoms with Gasteiger partial charge in [0.15, 0.2) is 0 Å². The summed E-state index contributed by atoms with van der Waals surface area (Å²) in [5.74, 6) is 0. The molecule has 0 aliphatic rings. The van der Waals surface area contributed by atoms with E-state index in [0.29, 0.717) is 6.04 Å². The van der Waals surface area contributed by atoms with Crippen LogP contribution in [0.4, 0.5) is 0 Å². The molecule has 0 rings (SSSR count). The molecule has 0 fully saturated rings. The fourth-order valence-electron chi connectivity index (χ4n) is 0.839. The highest BCUT2D eigenvalue weighted by atomic mass is 16.3. The predicted octanol–water partition coefficient (Wildman–Crippen LogP) is 1.31. The largest absolute Gasteiger partial charge is 0.396 e. The van der Waals surface area contributed by atoms with E-state index in [4.69, 9.17) is 5.11 Å². The second-order valence-corrected chi connectivity index (χ2v) is 2.40. The van der Waals surface area contributed by atoms with Crippen molar-refractivity contribution in [3.63, 3.8) is 0 Å². The van der Waals surface area contributed by atoms with Crippen molar-refractivity contribution in [2.45, 2.75) is 39.2 Å². The van der Waals surface area contributed by atoms with Gasteiger partial charge >= 0.3 is 0 Å². The van der Waals surface area contributed by atoms with E-state index in [-0.39, 0.29) is 6.61 Å². The Morgan fingerprint density at radius 3 is 2.40 bits per heavy atom.